The summed E-state index contributed by atoms with van der Waals surface area (Å²) in [6.45, 7) is 0. The molecule has 0 aromatic heterocycles. The number of hydrogen-bond donors (Lipinski definition) is 0. The van der Waals surface area contributed by atoms with Gasteiger partial charge in [0, 0.05) is 24.9 Å². The average Bonchev–Trinajstić information content (AvgIpc) is 1.94. The topological polar surface area (TPSA) is 20.3 Å². The van der Waals surface area contributed by atoms with Gasteiger partial charge in [0.15, 0.2) is 0 Å². The lowest BCUT2D eigenvalue weighted by atomic mass is 9.84. The Morgan fingerprint density at radius 3 is 2.25 bits per heavy atom. The number of ketones is 1. The van der Waals surface area contributed by atoms with Gasteiger partial charge in [-0.25, -0.2) is 0 Å². The molecule has 0 unspecified atom stereocenters. The smallest absolute Gasteiger partial charge is 0.136 e. The summed E-state index contributed by atoms with van der Waals surface area (Å²) >= 11 is 5.21. The minimum Gasteiger partial charge on any atom is -0.300 e. The molecule has 0 aliphatic carbocycles. The third-order valence-corrected chi connectivity index (χ3v) is 3.34. The van der Waals surface area contributed by atoms with Crippen LogP contribution in [-0.4, -0.2) is 34.7 Å². The summed E-state index contributed by atoms with van der Waals surface area (Å²) in [4.78, 5) is 14.8. The predicted molar refractivity (Wildman–Crippen MR) is 51.4 cm³/mol. The molecule has 2 aliphatic heterocycles. The SMILES string of the molecule is CN1[C@H]2CC(=O)C[C@H]1CC(=S)C2. The van der Waals surface area contributed by atoms with Crippen LogP contribution in [0.25, 0.3) is 0 Å². The van der Waals surface area contributed by atoms with Crippen LogP contribution < -0.4 is 0 Å². The predicted octanol–water partition coefficient (Wildman–Crippen LogP) is 1.18. The summed E-state index contributed by atoms with van der Waals surface area (Å²) in [5.74, 6) is 0.422. The number of rotatable bonds is 0. The third kappa shape index (κ3) is 1.31. The van der Waals surface area contributed by atoms with E-state index in [1.165, 1.54) is 0 Å². The van der Waals surface area contributed by atoms with Gasteiger partial charge in [-0.3, -0.25) is 9.69 Å². The Kier molecular flexibility index (Phi) is 2.00. The van der Waals surface area contributed by atoms with Gasteiger partial charge in [-0.05, 0) is 24.8 Å². The highest BCUT2D eigenvalue weighted by Gasteiger charge is 2.36. The maximum atomic E-state index is 11.3. The number of fused-ring (bicyclic) bond motifs is 2. The number of hydrogen-bond acceptors (Lipinski definition) is 3. The maximum Gasteiger partial charge on any atom is 0.136 e. The Balaban J connectivity index is 2.18. The zero-order valence-corrected chi connectivity index (χ0v) is 8.06. The number of carbonyl (C=O) groups excluding carboxylic acids is 1. The molecule has 12 heavy (non-hydrogen) atoms. The minimum atomic E-state index is 0.414. The van der Waals surface area contributed by atoms with Gasteiger partial charge >= 0.3 is 0 Å². The van der Waals surface area contributed by atoms with Crippen LogP contribution in [0.15, 0.2) is 0 Å². The fraction of sp³-hybridized carbons (Fsp3) is 0.778. The van der Waals surface area contributed by atoms with E-state index in [-0.39, 0.29) is 0 Å². The van der Waals surface area contributed by atoms with Crippen LogP contribution in [0, 0.1) is 0 Å². The molecule has 2 rings (SSSR count). The van der Waals surface area contributed by atoms with E-state index >= 15 is 0 Å². The van der Waals surface area contributed by atoms with Crippen molar-refractivity contribution < 1.29 is 4.79 Å². The van der Waals surface area contributed by atoms with Gasteiger partial charge < -0.3 is 0 Å². The van der Waals surface area contributed by atoms with Crippen LogP contribution in [0.3, 0.4) is 0 Å². The second-order valence-electron chi connectivity index (χ2n) is 3.87. The van der Waals surface area contributed by atoms with Crippen LogP contribution in [-0.2, 0) is 4.79 Å². The third-order valence-electron chi connectivity index (χ3n) is 3.01. The van der Waals surface area contributed by atoms with Crippen molar-refractivity contribution >= 4 is 22.9 Å². The number of carbonyl (C=O) groups is 1. The molecule has 0 N–H and O–H groups in total. The first kappa shape index (κ1) is 8.32. The Morgan fingerprint density at radius 1 is 1.25 bits per heavy atom. The normalized spacial score (nSPS) is 37.1. The second kappa shape index (κ2) is 2.89. The zero-order chi connectivity index (χ0) is 8.72. The Labute approximate surface area is 77.9 Å². The van der Waals surface area contributed by atoms with Gasteiger partial charge in [0.25, 0.3) is 0 Å². The Bertz CT molecular complexity index is 199. The van der Waals surface area contributed by atoms with E-state index in [1.54, 1.807) is 0 Å². The molecule has 2 saturated heterocycles. The van der Waals surface area contributed by atoms with Crippen LogP contribution in [0.2, 0.25) is 0 Å². The molecule has 0 amide bonds. The second-order valence-corrected chi connectivity index (χ2v) is 4.44. The van der Waals surface area contributed by atoms with Crippen molar-refractivity contribution in [1.82, 2.24) is 4.90 Å². The largest absolute Gasteiger partial charge is 0.300 e. The van der Waals surface area contributed by atoms with Gasteiger partial charge in [-0.15, -0.1) is 0 Å². The van der Waals surface area contributed by atoms with E-state index in [1.807, 2.05) is 0 Å². The van der Waals surface area contributed by atoms with Crippen molar-refractivity contribution in [1.29, 1.82) is 0 Å². The van der Waals surface area contributed by atoms with Gasteiger partial charge in [0.2, 0.25) is 0 Å². The van der Waals surface area contributed by atoms with E-state index in [4.69, 9.17) is 12.2 Å². The van der Waals surface area contributed by atoms with Crippen LogP contribution in [0.5, 0.6) is 0 Å². The summed E-state index contributed by atoms with van der Waals surface area (Å²) in [5.41, 5.74) is 0. The molecule has 3 heteroatoms. The van der Waals surface area contributed by atoms with Crippen molar-refractivity contribution in [3.8, 4) is 0 Å². The lowest BCUT2D eigenvalue weighted by molar-refractivity contribution is -0.124. The lowest BCUT2D eigenvalue weighted by Crippen LogP contribution is -2.52. The fourth-order valence-electron chi connectivity index (χ4n) is 2.24. The van der Waals surface area contributed by atoms with Gasteiger partial charge in [0.05, 0.1) is 0 Å². The first-order valence-corrected chi connectivity index (χ1v) is 4.83. The summed E-state index contributed by atoms with van der Waals surface area (Å²) in [5, 5.41) is 0. The van der Waals surface area contributed by atoms with Gasteiger partial charge in [0.1, 0.15) is 5.78 Å². The van der Waals surface area contributed by atoms with E-state index in [9.17, 15) is 4.79 Å². The van der Waals surface area contributed by atoms with Crippen molar-refractivity contribution in [2.45, 2.75) is 37.8 Å². The molecule has 0 radical (unpaired) electrons. The first-order valence-electron chi connectivity index (χ1n) is 4.42. The highest BCUT2D eigenvalue weighted by atomic mass is 32.1. The first-order chi connectivity index (χ1) is 5.66. The maximum absolute atomic E-state index is 11.3. The molecule has 2 fully saturated rings. The molecule has 2 atom stereocenters. The Morgan fingerprint density at radius 2 is 1.75 bits per heavy atom. The number of thiocarbonyl (C=S) groups is 1. The summed E-state index contributed by atoms with van der Waals surface area (Å²) in [6.07, 6.45) is 3.34. The number of Topliss-reactive ketones (excluding diaryl/α,β-unsaturated/α-hetero) is 1. The molecule has 2 bridgehead atoms. The Hall–Kier alpha value is -0.280. The molecule has 0 spiro atoms. The molecular weight excluding hydrogens is 170 g/mol. The van der Waals surface area contributed by atoms with Gasteiger partial charge in [-0.2, -0.15) is 0 Å². The van der Waals surface area contributed by atoms with Crippen LogP contribution in [0.1, 0.15) is 25.7 Å². The van der Waals surface area contributed by atoms with Crippen molar-refractivity contribution in [2.24, 2.45) is 0 Å². The zero-order valence-electron chi connectivity index (χ0n) is 7.25. The highest BCUT2D eigenvalue weighted by molar-refractivity contribution is 7.80. The molecule has 0 saturated carbocycles. The summed E-state index contributed by atoms with van der Waals surface area (Å²) < 4.78 is 0. The fourth-order valence-corrected chi connectivity index (χ4v) is 2.62. The summed E-state index contributed by atoms with van der Waals surface area (Å²) in [6, 6.07) is 0.829. The van der Waals surface area contributed by atoms with Gasteiger partial charge in [-0.1, -0.05) is 12.2 Å². The number of nitrogens with zero attached hydrogens (tertiary/aromatic N) is 1. The van der Waals surface area contributed by atoms with Crippen molar-refractivity contribution in [3.63, 3.8) is 0 Å². The highest BCUT2D eigenvalue weighted by Crippen LogP contribution is 2.29. The molecule has 2 nitrogen and oxygen atoms in total. The lowest BCUT2D eigenvalue weighted by Gasteiger charge is -2.43. The van der Waals surface area contributed by atoms with Crippen molar-refractivity contribution in [3.05, 3.63) is 0 Å². The minimum absolute atomic E-state index is 0.414. The quantitative estimate of drug-likeness (QED) is 0.526. The average molecular weight is 183 g/mol. The van der Waals surface area contributed by atoms with E-state index in [2.05, 4.69) is 11.9 Å². The molecular formula is C9H13NOS. The summed E-state index contributed by atoms with van der Waals surface area (Å²) in [7, 11) is 2.11. The standard InChI is InChI=1S/C9H13NOS/c1-10-6-2-8(11)3-7(10)5-9(12)4-6/h6-7H,2-5H2,1H3/t6-,7-/m0/s1. The molecule has 0 aromatic carbocycles. The van der Waals surface area contributed by atoms with E-state index in [0.717, 1.165) is 17.7 Å². The van der Waals surface area contributed by atoms with Crippen molar-refractivity contribution in [2.75, 3.05) is 7.05 Å². The molecule has 2 aliphatic rings. The van der Waals surface area contributed by atoms with E-state index < -0.39 is 0 Å². The number of piperidine rings is 2. The van der Waals surface area contributed by atoms with E-state index in [0.29, 0.717) is 30.7 Å². The monoisotopic (exact) mass is 183 g/mol. The molecule has 66 valence electrons. The molecule has 0 aromatic rings. The van der Waals surface area contributed by atoms with Crippen LogP contribution in [0.4, 0.5) is 0 Å². The van der Waals surface area contributed by atoms with Crippen LogP contribution >= 0.6 is 12.2 Å². The molecule has 2 heterocycles.